The van der Waals surface area contributed by atoms with E-state index in [0.29, 0.717) is 13.2 Å². The largest absolute Gasteiger partial charge is 0.492 e. The van der Waals surface area contributed by atoms with Crippen LogP contribution in [0.1, 0.15) is 24.5 Å². The van der Waals surface area contributed by atoms with Gasteiger partial charge in [-0.2, -0.15) is 0 Å². The van der Waals surface area contributed by atoms with Gasteiger partial charge in [0.15, 0.2) is 0 Å². The minimum Gasteiger partial charge on any atom is -0.492 e. The van der Waals surface area contributed by atoms with Crippen molar-refractivity contribution in [1.82, 2.24) is 0 Å². The molecule has 142 valence electrons. The summed E-state index contributed by atoms with van der Waals surface area (Å²) < 4.78 is 11.0. The predicted molar refractivity (Wildman–Crippen MR) is 106 cm³/mol. The van der Waals surface area contributed by atoms with E-state index in [-0.39, 0.29) is 5.76 Å². The maximum atomic E-state index is 11.1. The third-order valence-corrected chi connectivity index (χ3v) is 4.52. The van der Waals surface area contributed by atoms with Gasteiger partial charge in [0.05, 0.1) is 13.2 Å². The van der Waals surface area contributed by atoms with Crippen LogP contribution < -0.4 is 9.64 Å². The zero-order valence-electron chi connectivity index (χ0n) is 15.6. The molecular weight excluding hydrogens is 342 g/mol. The number of benzene rings is 2. The van der Waals surface area contributed by atoms with Crippen LogP contribution in [0.5, 0.6) is 5.75 Å². The van der Waals surface area contributed by atoms with Crippen LogP contribution in [-0.2, 0) is 16.0 Å². The highest BCUT2D eigenvalue weighted by Gasteiger charge is 2.15. The maximum Gasteiger partial charge on any atom is 0.371 e. The number of nitrogens with zero attached hydrogens (tertiary/aromatic N) is 1. The van der Waals surface area contributed by atoms with E-state index < -0.39 is 5.97 Å². The fraction of sp³-hybridized carbons (Fsp3) is 0.318. The molecule has 5 heteroatoms. The smallest absolute Gasteiger partial charge is 0.371 e. The number of anilines is 1. The van der Waals surface area contributed by atoms with E-state index in [0.717, 1.165) is 30.8 Å². The Hall–Kier alpha value is -2.95. The fourth-order valence-electron chi connectivity index (χ4n) is 3.25. The number of carboxylic acids is 1. The highest BCUT2D eigenvalue weighted by molar-refractivity contribution is 5.89. The zero-order chi connectivity index (χ0) is 19.1. The van der Waals surface area contributed by atoms with Crippen molar-refractivity contribution in [2.75, 3.05) is 31.2 Å². The Morgan fingerprint density at radius 2 is 1.96 bits per heavy atom. The molecule has 0 bridgehead atoms. The van der Waals surface area contributed by atoms with Crippen molar-refractivity contribution in [2.45, 2.75) is 19.8 Å². The Morgan fingerprint density at radius 1 is 1.19 bits per heavy atom. The molecule has 0 fully saturated rings. The van der Waals surface area contributed by atoms with Crippen molar-refractivity contribution in [2.24, 2.45) is 0 Å². The van der Waals surface area contributed by atoms with Crippen LogP contribution in [0.25, 0.3) is 6.08 Å². The monoisotopic (exact) mass is 367 g/mol. The standard InChI is InChI=1S/C22H25NO4/c1-2-26-21(22(24)25)16-17-9-11-19(12-10-17)27-15-14-23-13-5-7-18-6-3-4-8-20(18)23/h3-4,6,8-12,16H,2,5,7,13-15H2,1H3,(H,24,25). The van der Waals surface area contributed by atoms with Crippen molar-refractivity contribution in [3.8, 4) is 5.75 Å². The summed E-state index contributed by atoms with van der Waals surface area (Å²) >= 11 is 0. The molecule has 2 aromatic carbocycles. The number of aliphatic carboxylic acids is 1. The number of ether oxygens (including phenoxy) is 2. The number of hydrogen-bond donors (Lipinski definition) is 1. The topological polar surface area (TPSA) is 59.0 Å². The molecule has 1 aliphatic rings. The van der Waals surface area contributed by atoms with Crippen molar-refractivity contribution >= 4 is 17.7 Å². The molecule has 0 atom stereocenters. The van der Waals surface area contributed by atoms with Crippen molar-refractivity contribution < 1.29 is 19.4 Å². The lowest BCUT2D eigenvalue weighted by Gasteiger charge is -2.31. The van der Waals surface area contributed by atoms with Crippen LogP contribution in [0.4, 0.5) is 5.69 Å². The Bertz CT molecular complexity index is 798. The van der Waals surface area contributed by atoms with E-state index in [2.05, 4.69) is 29.2 Å². The van der Waals surface area contributed by atoms with Crippen LogP contribution in [-0.4, -0.2) is 37.4 Å². The summed E-state index contributed by atoms with van der Waals surface area (Å²) in [5, 5.41) is 9.11. The minimum absolute atomic E-state index is 0.0602. The third kappa shape index (κ3) is 5.03. The molecule has 27 heavy (non-hydrogen) atoms. The van der Waals surface area contributed by atoms with Gasteiger partial charge in [-0.1, -0.05) is 30.3 Å². The average molecular weight is 367 g/mol. The molecule has 0 radical (unpaired) electrons. The van der Waals surface area contributed by atoms with E-state index >= 15 is 0 Å². The Morgan fingerprint density at radius 3 is 2.70 bits per heavy atom. The minimum atomic E-state index is -1.07. The van der Waals surface area contributed by atoms with Crippen LogP contribution >= 0.6 is 0 Å². The number of carbonyl (C=O) groups is 1. The van der Waals surface area contributed by atoms with E-state index in [1.807, 2.05) is 24.3 Å². The number of aryl methyl sites for hydroxylation is 1. The quantitative estimate of drug-likeness (QED) is 0.565. The zero-order valence-corrected chi connectivity index (χ0v) is 15.6. The molecule has 1 heterocycles. The summed E-state index contributed by atoms with van der Waals surface area (Å²) in [5.74, 6) is -0.361. The van der Waals surface area contributed by atoms with Gasteiger partial charge >= 0.3 is 5.97 Å². The second-order valence-electron chi connectivity index (χ2n) is 6.38. The molecule has 0 saturated carbocycles. The molecule has 0 unspecified atom stereocenters. The van der Waals surface area contributed by atoms with Gasteiger partial charge in [-0.15, -0.1) is 0 Å². The number of hydrogen-bond acceptors (Lipinski definition) is 4. The predicted octanol–water partition coefficient (Wildman–Crippen LogP) is 3.98. The highest BCUT2D eigenvalue weighted by atomic mass is 16.5. The van der Waals surface area contributed by atoms with Gasteiger partial charge in [-0.05, 0) is 55.2 Å². The lowest BCUT2D eigenvalue weighted by molar-refractivity contribution is -0.136. The van der Waals surface area contributed by atoms with Crippen LogP contribution in [0.2, 0.25) is 0 Å². The molecule has 0 saturated heterocycles. The normalized spacial score (nSPS) is 13.8. The molecule has 5 nitrogen and oxygen atoms in total. The third-order valence-electron chi connectivity index (χ3n) is 4.52. The first-order valence-corrected chi connectivity index (χ1v) is 9.31. The van der Waals surface area contributed by atoms with Gasteiger partial charge in [0.2, 0.25) is 5.76 Å². The first kappa shape index (κ1) is 18.8. The van der Waals surface area contributed by atoms with E-state index in [1.54, 1.807) is 6.92 Å². The van der Waals surface area contributed by atoms with Gasteiger partial charge in [0.25, 0.3) is 0 Å². The number of carboxylic acid groups (broad SMARTS) is 1. The molecule has 0 spiro atoms. The molecule has 0 aliphatic carbocycles. The molecule has 3 rings (SSSR count). The summed E-state index contributed by atoms with van der Waals surface area (Å²) in [7, 11) is 0. The summed E-state index contributed by atoms with van der Waals surface area (Å²) in [5.41, 5.74) is 3.48. The Labute approximate surface area is 159 Å². The van der Waals surface area contributed by atoms with Gasteiger partial charge in [-0.3, -0.25) is 0 Å². The van der Waals surface area contributed by atoms with Crippen LogP contribution in [0.3, 0.4) is 0 Å². The number of rotatable bonds is 8. The van der Waals surface area contributed by atoms with Crippen LogP contribution in [0.15, 0.2) is 54.3 Å². The van der Waals surface area contributed by atoms with Gasteiger partial charge < -0.3 is 19.5 Å². The Kier molecular flexibility index (Phi) is 6.36. The van der Waals surface area contributed by atoms with Gasteiger partial charge in [-0.25, -0.2) is 4.79 Å². The molecule has 0 amide bonds. The lowest BCUT2D eigenvalue weighted by atomic mass is 10.0. The molecule has 1 N–H and O–H groups in total. The van der Waals surface area contributed by atoms with Crippen molar-refractivity contribution in [3.05, 3.63) is 65.4 Å². The summed E-state index contributed by atoms with van der Waals surface area (Å²) in [4.78, 5) is 13.5. The Balaban J connectivity index is 1.55. The van der Waals surface area contributed by atoms with E-state index in [1.165, 1.54) is 23.7 Å². The van der Waals surface area contributed by atoms with Gasteiger partial charge in [0.1, 0.15) is 12.4 Å². The van der Waals surface area contributed by atoms with E-state index in [9.17, 15) is 4.79 Å². The lowest BCUT2D eigenvalue weighted by Crippen LogP contribution is -2.33. The summed E-state index contributed by atoms with van der Waals surface area (Å²) in [6, 6.07) is 15.9. The molecule has 1 aliphatic heterocycles. The number of fused-ring (bicyclic) bond motifs is 1. The number of para-hydroxylation sites is 1. The van der Waals surface area contributed by atoms with Crippen LogP contribution in [0, 0.1) is 0 Å². The molecular formula is C22H25NO4. The highest BCUT2D eigenvalue weighted by Crippen LogP contribution is 2.26. The van der Waals surface area contributed by atoms with E-state index in [4.69, 9.17) is 14.6 Å². The summed E-state index contributed by atoms with van der Waals surface area (Å²) in [6.07, 6.45) is 3.83. The van der Waals surface area contributed by atoms with Crippen molar-refractivity contribution in [1.29, 1.82) is 0 Å². The molecule has 2 aromatic rings. The first-order chi connectivity index (χ1) is 13.2. The second-order valence-corrected chi connectivity index (χ2v) is 6.38. The summed E-state index contributed by atoms with van der Waals surface area (Å²) in [6.45, 7) is 4.57. The van der Waals surface area contributed by atoms with Crippen molar-refractivity contribution in [3.63, 3.8) is 0 Å². The average Bonchev–Trinajstić information content (AvgIpc) is 2.69. The SMILES string of the molecule is CCOC(=Cc1ccc(OCCN2CCCc3ccccc32)cc1)C(=O)O. The fourth-order valence-corrected chi connectivity index (χ4v) is 3.25. The first-order valence-electron chi connectivity index (χ1n) is 9.31. The second kappa shape index (κ2) is 9.12. The maximum absolute atomic E-state index is 11.1. The van der Waals surface area contributed by atoms with Gasteiger partial charge in [0, 0.05) is 12.2 Å². The molecule has 0 aromatic heterocycles.